The zero-order valence-corrected chi connectivity index (χ0v) is 12.3. The number of hydrogen-bond donors (Lipinski definition) is 0. The number of fused-ring (bicyclic) bond motifs is 1. The zero-order valence-electron chi connectivity index (χ0n) is 12.3. The van der Waals surface area contributed by atoms with Crippen molar-refractivity contribution in [1.29, 1.82) is 0 Å². The van der Waals surface area contributed by atoms with Gasteiger partial charge in [-0.3, -0.25) is 4.79 Å². The van der Waals surface area contributed by atoms with Crippen LogP contribution < -0.4 is 0 Å². The SMILES string of the molecule is CCCCC1=CC(=O)C=C[C@@]2(OC)OCCO[C@]12OC. The van der Waals surface area contributed by atoms with Gasteiger partial charge in [-0.05, 0) is 36.6 Å². The smallest absolute Gasteiger partial charge is 0.251 e. The fraction of sp³-hybridized carbons (Fsp3) is 0.667. The molecule has 20 heavy (non-hydrogen) atoms. The maximum absolute atomic E-state index is 11.9. The number of ether oxygens (including phenoxy) is 4. The number of allylic oxidation sites excluding steroid dienone is 2. The van der Waals surface area contributed by atoms with Crippen LogP contribution in [0.15, 0.2) is 23.8 Å². The summed E-state index contributed by atoms with van der Waals surface area (Å²) in [6.07, 6.45) is 7.27. The van der Waals surface area contributed by atoms with E-state index in [-0.39, 0.29) is 5.78 Å². The van der Waals surface area contributed by atoms with Gasteiger partial charge in [-0.1, -0.05) is 13.3 Å². The summed E-state index contributed by atoms with van der Waals surface area (Å²) in [5.41, 5.74) is 0.762. The molecule has 0 aromatic rings. The molecule has 1 fully saturated rings. The van der Waals surface area contributed by atoms with Crippen LogP contribution in [-0.4, -0.2) is 44.8 Å². The average molecular weight is 282 g/mol. The maximum Gasteiger partial charge on any atom is 0.251 e. The first-order valence-electron chi connectivity index (χ1n) is 6.96. The van der Waals surface area contributed by atoms with Crippen LogP contribution in [0.2, 0.25) is 0 Å². The van der Waals surface area contributed by atoms with E-state index < -0.39 is 11.6 Å². The predicted octanol–water partition coefficient (Wildman–Crippen LogP) is 1.97. The molecule has 0 amide bonds. The lowest BCUT2D eigenvalue weighted by Crippen LogP contribution is -2.63. The van der Waals surface area contributed by atoms with Gasteiger partial charge in [0.2, 0.25) is 5.79 Å². The third-order valence-corrected chi connectivity index (χ3v) is 3.76. The van der Waals surface area contributed by atoms with Crippen molar-refractivity contribution in [2.75, 3.05) is 27.4 Å². The number of rotatable bonds is 5. The summed E-state index contributed by atoms with van der Waals surface area (Å²) in [4.78, 5) is 11.9. The molecule has 5 heteroatoms. The first-order valence-corrected chi connectivity index (χ1v) is 6.96. The van der Waals surface area contributed by atoms with E-state index in [0.29, 0.717) is 19.6 Å². The normalized spacial score (nSPS) is 33.5. The minimum absolute atomic E-state index is 0.106. The van der Waals surface area contributed by atoms with Crippen molar-refractivity contribution in [2.24, 2.45) is 0 Å². The highest BCUT2D eigenvalue weighted by Gasteiger charge is 2.59. The van der Waals surface area contributed by atoms with Crippen LogP contribution >= 0.6 is 0 Å². The monoisotopic (exact) mass is 282 g/mol. The van der Waals surface area contributed by atoms with Crippen molar-refractivity contribution in [3.8, 4) is 0 Å². The summed E-state index contributed by atoms with van der Waals surface area (Å²) in [5, 5.41) is 0. The third kappa shape index (κ3) is 2.35. The molecule has 1 saturated heterocycles. The van der Waals surface area contributed by atoms with Crippen LogP contribution in [0, 0.1) is 0 Å². The lowest BCUT2D eigenvalue weighted by atomic mass is 9.91. The van der Waals surface area contributed by atoms with E-state index in [2.05, 4.69) is 6.92 Å². The summed E-state index contributed by atoms with van der Waals surface area (Å²) >= 11 is 0. The number of ketones is 1. The van der Waals surface area contributed by atoms with Crippen molar-refractivity contribution >= 4 is 5.78 Å². The van der Waals surface area contributed by atoms with Gasteiger partial charge in [0.05, 0.1) is 13.2 Å². The summed E-state index contributed by atoms with van der Waals surface area (Å²) in [7, 11) is 3.08. The zero-order chi connectivity index (χ0) is 14.6. The van der Waals surface area contributed by atoms with E-state index in [9.17, 15) is 4.79 Å². The highest BCUT2D eigenvalue weighted by Crippen LogP contribution is 2.44. The molecule has 5 nitrogen and oxygen atoms in total. The number of unbranched alkanes of at least 4 members (excludes halogenated alkanes) is 1. The molecule has 0 N–H and O–H groups in total. The second-order valence-corrected chi connectivity index (χ2v) is 4.90. The minimum atomic E-state index is -1.22. The van der Waals surface area contributed by atoms with Crippen LogP contribution in [0.25, 0.3) is 0 Å². The molecule has 0 aromatic carbocycles. The highest BCUT2D eigenvalue weighted by molar-refractivity contribution is 6.00. The maximum atomic E-state index is 11.9. The van der Waals surface area contributed by atoms with E-state index in [1.54, 1.807) is 19.3 Å². The molecule has 0 saturated carbocycles. The van der Waals surface area contributed by atoms with Crippen LogP contribution in [0.5, 0.6) is 0 Å². The Kier molecular flexibility index (Phi) is 4.75. The first-order chi connectivity index (χ1) is 9.64. The van der Waals surface area contributed by atoms with Crippen molar-refractivity contribution in [1.82, 2.24) is 0 Å². The van der Waals surface area contributed by atoms with Gasteiger partial charge in [0.25, 0.3) is 5.79 Å². The lowest BCUT2D eigenvalue weighted by molar-refractivity contribution is -0.394. The topological polar surface area (TPSA) is 54.0 Å². The minimum Gasteiger partial charge on any atom is -0.345 e. The Balaban J connectivity index is 2.50. The van der Waals surface area contributed by atoms with E-state index in [0.717, 1.165) is 18.4 Å². The number of carbonyl (C=O) groups excluding carboxylic acids is 1. The van der Waals surface area contributed by atoms with Gasteiger partial charge in [-0.15, -0.1) is 0 Å². The Labute approximate surface area is 119 Å². The Morgan fingerprint density at radius 2 is 2.00 bits per heavy atom. The third-order valence-electron chi connectivity index (χ3n) is 3.76. The molecule has 1 heterocycles. The van der Waals surface area contributed by atoms with Gasteiger partial charge in [0.15, 0.2) is 5.78 Å². The molecular weight excluding hydrogens is 260 g/mol. The molecule has 0 aromatic heterocycles. The highest BCUT2D eigenvalue weighted by atomic mass is 16.8. The van der Waals surface area contributed by atoms with Crippen LogP contribution in [-0.2, 0) is 23.7 Å². The standard InChI is InChI=1S/C15H22O5/c1-4-5-6-12-11-13(16)7-8-14(17-2)15(12,18-3)20-10-9-19-14/h7-8,11H,4-6,9-10H2,1-3H3/t14-,15-/m1/s1. The van der Waals surface area contributed by atoms with Crippen molar-refractivity contribution in [3.63, 3.8) is 0 Å². The van der Waals surface area contributed by atoms with Crippen molar-refractivity contribution < 1.29 is 23.7 Å². The second kappa shape index (κ2) is 6.18. The van der Waals surface area contributed by atoms with E-state index >= 15 is 0 Å². The van der Waals surface area contributed by atoms with Gasteiger partial charge in [0, 0.05) is 14.2 Å². The first kappa shape index (κ1) is 15.4. The summed E-state index contributed by atoms with van der Waals surface area (Å²) in [6.45, 7) is 2.88. The van der Waals surface area contributed by atoms with E-state index in [1.807, 2.05) is 0 Å². The van der Waals surface area contributed by atoms with Crippen LogP contribution in [0.3, 0.4) is 0 Å². The molecule has 112 valence electrons. The molecule has 2 rings (SSSR count). The van der Waals surface area contributed by atoms with E-state index in [4.69, 9.17) is 18.9 Å². The molecule has 0 radical (unpaired) electrons. The van der Waals surface area contributed by atoms with Gasteiger partial charge >= 0.3 is 0 Å². The largest absolute Gasteiger partial charge is 0.345 e. The molecule has 2 aliphatic rings. The van der Waals surface area contributed by atoms with Crippen LogP contribution in [0.1, 0.15) is 26.2 Å². The summed E-state index contributed by atoms with van der Waals surface area (Å²) in [6, 6.07) is 0. The fourth-order valence-corrected chi connectivity index (χ4v) is 2.75. The summed E-state index contributed by atoms with van der Waals surface area (Å²) in [5.74, 6) is -2.52. The van der Waals surface area contributed by atoms with Crippen molar-refractivity contribution in [2.45, 2.75) is 37.8 Å². The number of methoxy groups -OCH3 is 2. The molecule has 1 aliphatic carbocycles. The predicted molar refractivity (Wildman–Crippen MR) is 73.1 cm³/mol. The molecule has 0 bridgehead atoms. The van der Waals surface area contributed by atoms with Gasteiger partial charge in [0.1, 0.15) is 0 Å². The Hall–Kier alpha value is -1.01. The van der Waals surface area contributed by atoms with Gasteiger partial charge < -0.3 is 18.9 Å². The number of hydrogen-bond acceptors (Lipinski definition) is 5. The molecule has 2 atom stereocenters. The van der Waals surface area contributed by atoms with Gasteiger partial charge in [-0.2, -0.15) is 0 Å². The Morgan fingerprint density at radius 1 is 1.25 bits per heavy atom. The second-order valence-electron chi connectivity index (χ2n) is 4.90. The van der Waals surface area contributed by atoms with Gasteiger partial charge in [-0.25, -0.2) is 0 Å². The molecule has 0 spiro atoms. The summed E-state index contributed by atoms with van der Waals surface area (Å²) < 4.78 is 22.9. The van der Waals surface area contributed by atoms with Crippen LogP contribution in [0.4, 0.5) is 0 Å². The molecule has 1 aliphatic heterocycles. The van der Waals surface area contributed by atoms with Crippen molar-refractivity contribution in [3.05, 3.63) is 23.8 Å². The number of carbonyl (C=O) groups is 1. The Morgan fingerprint density at radius 3 is 2.65 bits per heavy atom. The fourth-order valence-electron chi connectivity index (χ4n) is 2.75. The molecule has 0 unspecified atom stereocenters. The molecular formula is C15H22O5. The van der Waals surface area contributed by atoms with E-state index in [1.165, 1.54) is 13.2 Å². The quantitative estimate of drug-likeness (QED) is 0.771. The Bertz CT molecular complexity index is 428. The average Bonchev–Trinajstić information content (AvgIpc) is 2.61. The lowest BCUT2D eigenvalue weighted by Gasteiger charge is -2.49.